The maximum Gasteiger partial charge on any atom is 0.424 e. The van der Waals surface area contributed by atoms with Gasteiger partial charge in [-0.3, -0.25) is 0 Å². The van der Waals surface area contributed by atoms with Gasteiger partial charge in [-0.2, -0.15) is 4.31 Å². The lowest BCUT2D eigenvalue weighted by molar-refractivity contribution is 0.130. The Morgan fingerprint density at radius 3 is 2.20 bits per heavy atom. The van der Waals surface area contributed by atoms with Gasteiger partial charge in [0.25, 0.3) is 10.0 Å². The largest absolute Gasteiger partial charge is 0.497 e. The van der Waals surface area contributed by atoms with Crippen LogP contribution in [-0.2, 0) is 14.8 Å². The fourth-order valence-corrected chi connectivity index (χ4v) is 3.75. The van der Waals surface area contributed by atoms with Gasteiger partial charge in [0, 0.05) is 0 Å². The van der Waals surface area contributed by atoms with Gasteiger partial charge in [-0.05, 0) is 36.8 Å². The summed E-state index contributed by atoms with van der Waals surface area (Å²) in [4.78, 5) is 12.4. The smallest absolute Gasteiger partial charge is 0.424 e. The van der Waals surface area contributed by atoms with Crippen molar-refractivity contribution >= 4 is 57.0 Å². The minimum atomic E-state index is -4.19. The number of aryl methyl sites for hydroxylation is 1. The highest BCUT2D eigenvalue weighted by atomic mass is 35.6. The summed E-state index contributed by atoms with van der Waals surface area (Å²) in [5, 5.41) is 0. The highest BCUT2D eigenvalue weighted by Gasteiger charge is 2.32. The van der Waals surface area contributed by atoms with E-state index in [0.29, 0.717) is 10.1 Å². The van der Waals surface area contributed by atoms with E-state index in [4.69, 9.17) is 44.3 Å². The van der Waals surface area contributed by atoms with Crippen LogP contribution in [0.3, 0.4) is 0 Å². The fraction of sp³-hybridized carbons (Fsp3) is 0.250. The molecule has 6 nitrogen and oxygen atoms in total. The van der Waals surface area contributed by atoms with Crippen LogP contribution in [0, 0.1) is 6.92 Å². The molecule has 0 bridgehead atoms. The number of ether oxygens (including phenoxy) is 2. The van der Waals surface area contributed by atoms with E-state index in [9.17, 15) is 13.2 Å². The van der Waals surface area contributed by atoms with Crippen molar-refractivity contribution in [3.63, 3.8) is 0 Å². The van der Waals surface area contributed by atoms with E-state index in [1.807, 2.05) is 6.92 Å². The molecule has 0 fully saturated rings. The van der Waals surface area contributed by atoms with Crippen LogP contribution in [0.1, 0.15) is 11.1 Å². The Labute approximate surface area is 191 Å². The predicted octanol–water partition coefficient (Wildman–Crippen LogP) is 5.21. The summed E-state index contributed by atoms with van der Waals surface area (Å²) in [5.41, 5.74) is 1.66. The van der Waals surface area contributed by atoms with Gasteiger partial charge >= 0.3 is 6.09 Å². The Morgan fingerprint density at radius 1 is 1.07 bits per heavy atom. The molecule has 0 saturated heterocycles. The van der Waals surface area contributed by atoms with Crippen LogP contribution in [0.25, 0.3) is 6.08 Å². The van der Waals surface area contributed by atoms with Crippen LogP contribution in [0.2, 0.25) is 0 Å². The van der Waals surface area contributed by atoms with Crippen molar-refractivity contribution in [2.24, 2.45) is 0 Å². The average molecular weight is 493 g/mol. The number of alkyl halides is 3. The molecule has 0 aliphatic carbocycles. The predicted molar refractivity (Wildman–Crippen MR) is 119 cm³/mol. The minimum absolute atomic E-state index is 0.0585. The van der Waals surface area contributed by atoms with Crippen LogP contribution < -0.4 is 4.74 Å². The highest BCUT2D eigenvalue weighted by molar-refractivity contribution is 7.89. The first kappa shape index (κ1) is 24.3. The molecule has 2 aromatic rings. The second kappa shape index (κ2) is 10.4. The Balaban J connectivity index is 2.26. The molecule has 0 atom stereocenters. The van der Waals surface area contributed by atoms with Crippen LogP contribution in [0.15, 0.2) is 59.5 Å². The lowest BCUT2D eigenvalue weighted by Crippen LogP contribution is -2.38. The lowest BCUT2D eigenvalue weighted by atomic mass is 10.2. The normalized spacial score (nSPS) is 12.0. The summed E-state index contributed by atoms with van der Waals surface area (Å²) in [5.74, 6) is 0.686. The molecule has 1 amide bonds. The molecule has 0 unspecified atom stereocenters. The summed E-state index contributed by atoms with van der Waals surface area (Å²) < 4.78 is 34.7. The van der Waals surface area contributed by atoms with E-state index in [1.54, 1.807) is 49.6 Å². The van der Waals surface area contributed by atoms with E-state index < -0.39 is 26.5 Å². The SMILES string of the molecule is COc1ccc(/C=C/CN(C(=O)OCC(Cl)(Cl)Cl)S(=O)(=O)c2ccc(C)cc2)cc1. The van der Waals surface area contributed by atoms with Gasteiger partial charge in [-0.25, -0.2) is 13.2 Å². The standard InChI is InChI=1S/C20H20Cl3NO5S/c1-15-5-11-18(12-6-15)30(26,27)24(19(25)29-14-20(21,22)23)13-3-4-16-7-9-17(28-2)10-8-16/h3-12H,13-14H2,1-2H3/b4-3+. The zero-order valence-electron chi connectivity index (χ0n) is 16.2. The third-order valence-corrected chi connectivity index (χ3v) is 5.94. The average Bonchev–Trinajstić information content (AvgIpc) is 2.69. The van der Waals surface area contributed by atoms with E-state index in [-0.39, 0.29) is 11.4 Å². The van der Waals surface area contributed by atoms with Crippen molar-refractivity contribution in [1.29, 1.82) is 0 Å². The van der Waals surface area contributed by atoms with E-state index in [2.05, 4.69) is 0 Å². The van der Waals surface area contributed by atoms with Crippen molar-refractivity contribution in [2.45, 2.75) is 15.6 Å². The third-order valence-electron chi connectivity index (χ3n) is 3.87. The molecule has 2 rings (SSSR count). The van der Waals surface area contributed by atoms with E-state index >= 15 is 0 Å². The molecular formula is C20H20Cl3NO5S. The second-order valence-electron chi connectivity index (χ2n) is 6.19. The number of carbonyl (C=O) groups excluding carboxylic acids is 1. The number of hydrogen-bond donors (Lipinski definition) is 0. The molecule has 0 spiro atoms. The van der Waals surface area contributed by atoms with Crippen molar-refractivity contribution in [3.8, 4) is 5.75 Å². The van der Waals surface area contributed by atoms with E-state index in [1.165, 1.54) is 18.2 Å². The number of sulfonamides is 1. The molecule has 2 aromatic carbocycles. The molecule has 162 valence electrons. The van der Waals surface area contributed by atoms with Gasteiger partial charge in [-0.1, -0.05) is 76.8 Å². The fourth-order valence-electron chi connectivity index (χ4n) is 2.32. The number of amides is 1. The molecule has 30 heavy (non-hydrogen) atoms. The van der Waals surface area contributed by atoms with Crippen LogP contribution in [0.5, 0.6) is 5.75 Å². The third kappa shape index (κ3) is 7.09. The quantitative estimate of drug-likeness (QED) is 0.496. The summed E-state index contributed by atoms with van der Waals surface area (Å²) in [6.07, 6.45) is 2.03. The van der Waals surface area contributed by atoms with Crippen LogP contribution in [-0.4, -0.2) is 42.9 Å². The van der Waals surface area contributed by atoms with Gasteiger partial charge in [0.05, 0.1) is 18.6 Å². The Morgan fingerprint density at radius 2 is 1.67 bits per heavy atom. The van der Waals surface area contributed by atoms with Gasteiger partial charge in [-0.15, -0.1) is 0 Å². The van der Waals surface area contributed by atoms with Gasteiger partial charge < -0.3 is 9.47 Å². The molecular weight excluding hydrogens is 473 g/mol. The Kier molecular flexibility index (Phi) is 8.43. The molecule has 0 saturated carbocycles. The zero-order chi connectivity index (χ0) is 22.4. The van der Waals surface area contributed by atoms with Crippen molar-refractivity contribution < 1.29 is 22.7 Å². The topological polar surface area (TPSA) is 72.9 Å². The number of nitrogens with zero attached hydrogens (tertiary/aromatic N) is 1. The molecule has 10 heteroatoms. The first-order valence-corrected chi connectivity index (χ1v) is 11.2. The summed E-state index contributed by atoms with van der Waals surface area (Å²) in [6, 6.07) is 13.2. The maximum absolute atomic E-state index is 13.0. The second-order valence-corrected chi connectivity index (χ2v) is 10.6. The van der Waals surface area contributed by atoms with E-state index in [0.717, 1.165) is 11.1 Å². The number of benzene rings is 2. The Bertz CT molecular complexity index is 985. The summed E-state index contributed by atoms with van der Waals surface area (Å²) in [6.45, 7) is 0.945. The Hall–Kier alpha value is -1.93. The van der Waals surface area contributed by atoms with Crippen LogP contribution >= 0.6 is 34.8 Å². The molecule has 0 N–H and O–H groups in total. The van der Waals surface area contributed by atoms with Gasteiger partial charge in [0.1, 0.15) is 12.4 Å². The summed E-state index contributed by atoms with van der Waals surface area (Å²) in [7, 11) is -2.63. The monoisotopic (exact) mass is 491 g/mol. The van der Waals surface area contributed by atoms with Crippen LogP contribution in [0.4, 0.5) is 4.79 Å². The zero-order valence-corrected chi connectivity index (χ0v) is 19.3. The van der Waals surface area contributed by atoms with Gasteiger partial charge in [0.2, 0.25) is 3.79 Å². The maximum atomic E-state index is 13.0. The number of halogens is 3. The lowest BCUT2D eigenvalue weighted by Gasteiger charge is -2.22. The molecule has 0 aromatic heterocycles. The number of rotatable bonds is 7. The molecule has 0 heterocycles. The number of carbonyl (C=O) groups is 1. The molecule has 0 aliphatic heterocycles. The molecule has 0 radical (unpaired) electrons. The van der Waals surface area contributed by atoms with Crippen molar-refractivity contribution in [1.82, 2.24) is 4.31 Å². The van der Waals surface area contributed by atoms with Gasteiger partial charge in [0.15, 0.2) is 0 Å². The van der Waals surface area contributed by atoms with Crippen molar-refractivity contribution in [3.05, 3.63) is 65.7 Å². The van der Waals surface area contributed by atoms with Crippen molar-refractivity contribution in [2.75, 3.05) is 20.3 Å². The summed E-state index contributed by atoms with van der Waals surface area (Å²) >= 11 is 16.8. The number of hydrogen-bond acceptors (Lipinski definition) is 5. The molecule has 0 aliphatic rings. The first-order valence-electron chi connectivity index (χ1n) is 8.66. The highest BCUT2D eigenvalue weighted by Crippen LogP contribution is 2.27. The minimum Gasteiger partial charge on any atom is -0.497 e. The first-order chi connectivity index (χ1) is 14.0. The number of methoxy groups -OCH3 is 1.